The fraction of sp³-hybridized carbons (Fsp3) is 0.438. The molecule has 3 N–H and O–H groups in total. The van der Waals surface area contributed by atoms with E-state index in [0.717, 1.165) is 19.3 Å². The third-order valence-corrected chi connectivity index (χ3v) is 3.73. The first kappa shape index (κ1) is 16.0. The number of nitrogens with zero attached hydrogens (tertiary/aromatic N) is 1. The highest BCUT2D eigenvalue weighted by Crippen LogP contribution is 2.13. The van der Waals surface area contributed by atoms with Gasteiger partial charge in [0.05, 0.1) is 6.54 Å². The molecule has 1 aromatic carbocycles. The van der Waals surface area contributed by atoms with Gasteiger partial charge in [0.1, 0.15) is 6.04 Å². The summed E-state index contributed by atoms with van der Waals surface area (Å²) in [7, 11) is 0. The Morgan fingerprint density at radius 1 is 1.18 bits per heavy atom. The van der Waals surface area contributed by atoms with Crippen LogP contribution >= 0.6 is 0 Å². The maximum Gasteiger partial charge on any atom is 0.244 e. The van der Waals surface area contributed by atoms with Crippen LogP contribution in [-0.2, 0) is 14.4 Å². The second-order valence-electron chi connectivity index (χ2n) is 5.44. The van der Waals surface area contributed by atoms with Crippen LogP contribution in [0, 0.1) is 0 Å². The molecule has 1 heterocycles. The molecule has 0 aliphatic carbocycles. The number of carbonyl (C=O) groups is 3. The number of hydrogen-bond acceptors (Lipinski definition) is 3. The van der Waals surface area contributed by atoms with Crippen LogP contribution in [0.15, 0.2) is 30.3 Å². The molecular weight excluding hydrogens is 282 g/mol. The van der Waals surface area contributed by atoms with Crippen molar-refractivity contribution in [3.63, 3.8) is 0 Å². The number of likely N-dealkylation sites (tertiary alicyclic amines) is 1. The molecule has 6 heteroatoms. The zero-order chi connectivity index (χ0) is 15.9. The second-order valence-corrected chi connectivity index (χ2v) is 5.44. The van der Waals surface area contributed by atoms with Crippen LogP contribution < -0.4 is 11.1 Å². The Bertz CT molecular complexity index is 545. The van der Waals surface area contributed by atoms with Crippen LogP contribution in [0.5, 0.6) is 0 Å². The number of nitrogens with two attached hydrogens (primary N) is 1. The largest absolute Gasteiger partial charge is 0.368 e. The summed E-state index contributed by atoms with van der Waals surface area (Å²) in [5, 5.41) is 2.61. The molecule has 0 unspecified atom stereocenters. The summed E-state index contributed by atoms with van der Waals surface area (Å²) in [6.45, 7) is 0.550. The number of hydrogen-bond donors (Lipinski definition) is 2. The van der Waals surface area contributed by atoms with Crippen molar-refractivity contribution >= 4 is 17.7 Å². The first-order valence-corrected chi connectivity index (χ1v) is 7.49. The van der Waals surface area contributed by atoms with Crippen LogP contribution in [-0.4, -0.2) is 35.7 Å². The fourth-order valence-corrected chi connectivity index (χ4v) is 2.55. The van der Waals surface area contributed by atoms with Crippen LogP contribution in [0.2, 0.25) is 0 Å². The van der Waals surface area contributed by atoms with Gasteiger partial charge in [0.2, 0.25) is 17.7 Å². The van der Waals surface area contributed by atoms with E-state index in [2.05, 4.69) is 5.32 Å². The molecule has 1 aliphatic heterocycles. The lowest BCUT2D eigenvalue weighted by Gasteiger charge is -2.22. The lowest BCUT2D eigenvalue weighted by atomic mass is 10.1. The van der Waals surface area contributed by atoms with Gasteiger partial charge >= 0.3 is 0 Å². The van der Waals surface area contributed by atoms with Crippen LogP contribution in [0.25, 0.3) is 0 Å². The van der Waals surface area contributed by atoms with E-state index in [1.54, 1.807) is 29.2 Å². The number of nitrogens with one attached hydrogen (secondary N) is 1. The Labute approximate surface area is 129 Å². The maximum atomic E-state index is 12.1. The summed E-state index contributed by atoms with van der Waals surface area (Å²) >= 11 is 0. The molecule has 0 saturated carbocycles. The molecule has 1 atom stereocenters. The summed E-state index contributed by atoms with van der Waals surface area (Å²) in [5.41, 5.74) is 6.00. The third kappa shape index (κ3) is 4.31. The molecule has 1 aliphatic rings. The normalized spacial score (nSPS) is 16.7. The molecular formula is C16H21N3O3. The number of carbonyl (C=O) groups excluding carboxylic acids is 3. The zero-order valence-electron chi connectivity index (χ0n) is 12.5. The van der Waals surface area contributed by atoms with Gasteiger partial charge in [0.25, 0.3) is 0 Å². The molecule has 1 aromatic rings. The smallest absolute Gasteiger partial charge is 0.244 e. The van der Waals surface area contributed by atoms with E-state index in [-0.39, 0.29) is 18.4 Å². The molecule has 2 rings (SSSR count). The Hall–Kier alpha value is -2.37. The van der Waals surface area contributed by atoms with Crippen molar-refractivity contribution in [2.24, 2.45) is 5.73 Å². The minimum absolute atomic E-state index is 0.0111. The van der Waals surface area contributed by atoms with E-state index >= 15 is 0 Å². The molecule has 6 nitrogen and oxygen atoms in total. The molecule has 0 aromatic heterocycles. The van der Waals surface area contributed by atoms with Crippen molar-refractivity contribution in [2.45, 2.75) is 31.7 Å². The van der Waals surface area contributed by atoms with Gasteiger partial charge in [-0.15, -0.1) is 0 Å². The van der Waals surface area contributed by atoms with Crippen LogP contribution in [0.1, 0.15) is 37.3 Å². The number of amides is 3. The summed E-state index contributed by atoms with van der Waals surface area (Å²) in [4.78, 5) is 37.2. The number of benzene rings is 1. The molecule has 3 amide bonds. The number of rotatable bonds is 5. The van der Waals surface area contributed by atoms with E-state index in [0.29, 0.717) is 18.5 Å². The fourth-order valence-electron chi connectivity index (χ4n) is 2.55. The summed E-state index contributed by atoms with van der Waals surface area (Å²) in [6.07, 6.45) is 3.24. The minimum Gasteiger partial charge on any atom is -0.368 e. The minimum atomic E-state index is -0.879. The molecule has 0 bridgehead atoms. The van der Waals surface area contributed by atoms with E-state index in [1.165, 1.54) is 0 Å². The Morgan fingerprint density at radius 2 is 1.91 bits per heavy atom. The van der Waals surface area contributed by atoms with Gasteiger partial charge in [-0.2, -0.15) is 0 Å². The Morgan fingerprint density at radius 3 is 2.59 bits per heavy atom. The molecule has 0 spiro atoms. The van der Waals surface area contributed by atoms with Crippen molar-refractivity contribution in [2.75, 3.05) is 13.1 Å². The predicted molar refractivity (Wildman–Crippen MR) is 81.6 cm³/mol. The molecule has 1 saturated heterocycles. The van der Waals surface area contributed by atoms with E-state index in [1.807, 2.05) is 6.07 Å². The van der Waals surface area contributed by atoms with Crippen LogP contribution in [0.4, 0.5) is 0 Å². The zero-order valence-corrected chi connectivity index (χ0v) is 12.5. The molecule has 22 heavy (non-hydrogen) atoms. The predicted octanol–water partition coefficient (Wildman–Crippen LogP) is 0.732. The molecule has 0 radical (unpaired) electrons. The summed E-state index contributed by atoms with van der Waals surface area (Å²) in [6, 6.07) is 7.94. The average Bonchev–Trinajstić information content (AvgIpc) is 2.70. The standard InChI is InChI=1S/C16H21N3O3/c17-16(22)15(12-7-3-1-4-8-12)18-13(20)11-19-10-6-2-5-9-14(19)21/h1,3-4,7-8,15H,2,5-6,9-11H2,(H2,17,22)(H,18,20)/t15-/m1/s1. The number of primary amides is 1. The van der Waals surface area contributed by atoms with Gasteiger partial charge in [-0.1, -0.05) is 36.8 Å². The van der Waals surface area contributed by atoms with Crippen molar-refractivity contribution in [1.29, 1.82) is 0 Å². The van der Waals surface area contributed by atoms with Crippen molar-refractivity contribution < 1.29 is 14.4 Å². The lowest BCUT2D eigenvalue weighted by Crippen LogP contribution is -2.44. The Balaban J connectivity index is 1.99. The van der Waals surface area contributed by atoms with Crippen LogP contribution in [0.3, 0.4) is 0 Å². The quantitative estimate of drug-likeness (QED) is 0.840. The van der Waals surface area contributed by atoms with Gasteiger partial charge in [-0.3, -0.25) is 14.4 Å². The highest BCUT2D eigenvalue weighted by atomic mass is 16.2. The van der Waals surface area contributed by atoms with Crippen molar-refractivity contribution in [1.82, 2.24) is 10.2 Å². The van der Waals surface area contributed by atoms with Crippen molar-refractivity contribution in [3.8, 4) is 0 Å². The van der Waals surface area contributed by atoms with E-state index in [4.69, 9.17) is 5.73 Å². The van der Waals surface area contributed by atoms with Crippen molar-refractivity contribution in [3.05, 3.63) is 35.9 Å². The summed E-state index contributed by atoms with van der Waals surface area (Å²) < 4.78 is 0. The van der Waals surface area contributed by atoms with E-state index in [9.17, 15) is 14.4 Å². The van der Waals surface area contributed by atoms with Gasteiger partial charge in [0, 0.05) is 13.0 Å². The summed E-state index contributed by atoms with van der Waals surface area (Å²) in [5.74, 6) is -1.01. The first-order valence-electron chi connectivity index (χ1n) is 7.49. The second kappa shape index (κ2) is 7.59. The monoisotopic (exact) mass is 303 g/mol. The van der Waals surface area contributed by atoms with Gasteiger partial charge < -0.3 is 16.0 Å². The average molecular weight is 303 g/mol. The maximum absolute atomic E-state index is 12.1. The third-order valence-electron chi connectivity index (χ3n) is 3.73. The first-order chi connectivity index (χ1) is 10.6. The highest BCUT2D eigenvalue weighted by Gasteiger charge is 2.23. The van der Waals surface area contributed by atoms with Gasteiger partial charge in [-0.25, -0.2) is 0 Å². The topological polar surface area (TPSA) is 92.5 Å². The van der Waals surface area contributed by atoms with Gasteiger partial charge in [-0.05, 0) is 18.4 Å². The molecule has 1 fully saturated rings. The molecule has 118 valence electrons. The Kier molecular flexibility index (Phi) is 5.52. The lowest BCUT2D eigenvalue weighted by molar-refractivity contribution is -0.136. The van der Waals surface area contributed by atoms with E-state index < -0.39 is 11.9 Å². The van der Waals surface area contributed by atoms with Gasteiger partial charge in [0.15, 0.2) is 0 Å². The highest BCUT2D eigenvalue weighted by molar-refractivity contribution is 5.90. The SMILES string of the molecule is NC(=O)[C@H](NC(=O)CN1CCCCCC1=O)c1ccccc1.